The fourth-order valence-electron chi connectivity index (χ4n) is 3.79. The molecule has 4 rings (SSSR count). The minimum absolute atomic E-state index is 0.107. The van der Waals surface area contributed by atoms with Crippen molar-refractivity contribution >= 4 is 16.8 Å². The van der Waals surface area contributed by atoms with E-state index in [1.165, 1.54) is 12.1 Å². The normalized spacial score (nSPS) is 18.7. The minimum Gasteiger partial charge on any atom is -0.353 e. The van der Waals surface area contributed by atoms with Crippen molar-refractivity contribution in [3.8, 4) is 0 Å². The van der Waals surface area contributed by atoms with Crippen LogP contribution in [-0.2, 0) is 7.05 Å². The van der Waals surface area contributed by atoms with Crippen molar-refractivity contribution in [3.63, 3.8) is 0 Å². The highest BCUT2D eigenvalue weighted by Gasteiger charge is 2.29. The number of nitrogens with one attached hydrogen (secondary N) is 1. The molecule has 1 atom stereocenters. The first-order chi connectivity index (χ1) is 11.8. The fourth-order valence-corrected chi connectivity index (χ4v) is 3.79. The van der Waals surface area contributed by atoms with Crippen molar-refractivity contribution in [2.24, 2.45) is 7.05 Å². The number of hydrogen-bond donors (Lipinski definition) is 1. The summed E-state index contributed by atoms with van der Waals surface area (Å²) in [5.74, 6) is 0.107. The average molecular weight is 322 g/mol. The van der Waals surface area contributed by atoms with E-state index >= 15 is 0 Å². The molecule has 3 aromatic rings. The first kappa shape index (κ1) is 15.0. The quantitative estimate of drug-likeness (QED) is 0.783. The van der Waals surface area contributed by atoms with Crippen LogP contribution >= 0.6 is 0 Å². The molecule has 1 N–H and O–H groups in total. The second-order valence-corrected chi connectivity index (χ2v) is 6.54. The van der Waals surface area contributed by atoms with E-state index < -0.39 is 0 Å². The van der Waals surface area contributed by atoms with Crippen LogP contribution in [0.5, 0.6) is 0 Å². The summed E-state index contributed by atoms with van der Waals surface area (Å²) < 4.78 is 2.13. The number of fused-ring (bicyclic) bond motifs is 1. The summed E-state index contributed by atoms with van der Waals surface area (Å²) in [6.07, 6.45) is 8.23. The summed E-state index contributed by atoms with van der Waals surface area (Å²) in [4.78, 5) is 15.4. The van der Waals surface area contributed by atoms with E-state index in [4.69, 9.17) is 0 Å². The van der Waals surface area contributed by atoms with Crippen LogP contribution in [0.15, 0.2) is 42.7 Å². The van der Waals surface area contributed by atoms with Gasteiger partial charge in [-0.05, 0) is 37.1 Å². The molecule has 0 bridgehead atoms. The fraction of sp³-hybridized carbons (Fsp3) is 0.368. The molecule has 5 heteroatoms. The van der Waals surface area contributed by atoms with Gasteiger partial charge in [-0.3, -0.25) is 9.89 Å². The van der Waals surface area contributed by atoms with Crippen molar-refractivity contribution in [3.05, 3.63) is 54.0 Å². The van der Waals surface area contributed by atoms with Gasteiger partial charge >= 0.3 is 0 Å². The van der Waals surface area contributed by atoms with Crippen molar-refractivity contribution in [2.45, 2.75) is 31.7 Å². The van der Waals surface area contributed by atoms with Gasteiger partial charge < -0.3 is 9.47 Å². The molecule has 1 aliphatic heterocycles. The lowest BCUT2D eigenvalue weighted by atomic mass is 10.0. The zero-order valence-electron chi connectivity index (χ0n) is 13.9. The second-order valence-electron chi connectivity index (χ2n) is 6.54. The highest BCUT2D eigenvalue weighted by atomic mass is 16.2. The smallest absolute Gasteiger partial charge is 0.255 e. The molecule has 3 heterocycles. The van der Waals surface area contributed by atoms with Gasteiger partial charge in [-0.15, -0.1) is 0 Å². The summed E-state index contributed by atoms with van der Waals surface area (Å²) in [5.41, 5.74) is 2.86. The van der Waals surface area contributed by atoms with Gasteiger partial charge in [0.05, 0.1) is 23.3 Å². The van der Waals surface area contributed by atoms with Crippen molar-refractivity contribution < 1.29 is 4.79 Å². The van der Waals surface area contributed by atoms with Crippen LogP contribution < -0.4 is 0 Å². The van der Waals surface area contributed by atoms with E-state index in [0.29, 0.717) is 0 Å². The number of benzene rings is 1. The number of carbonyl (C=O) groups excluding carboxylic acids is 1. The van der Waals surface area contributed by atoms with Gasteiger partial charge in [-0.1, -0.05) is 18.9 Å². The predicted octanol–water partition coefficient (Wildman–Crippen LogP) is 3.66. The van der Waals surface area contributed by atoms with Crippen molar-refractivity contribution in [1.82, 2.24) is 19.7 Å². The maximum Gasteiger partial charge on any atom is 0.255 e. The standard InChI is InChI=1S/C19H22N4O/c1-22-11-6-10-17(22)18-9-3-2-4-12-23(18)19(24)14-7-5-8-16-15(14)13-20-21-16/h5-8,10-11,13,18H,2-4,9,12H2,1H3,(H,20,21). The number of rotatable bonds is 2. The van der Waals surface area contributed by atoms with Gasteiger partial charge in [-0.25, -0.2) is 0 Å². The number of likely N-dealkylation sites (tertiary alicyclic amines) is 1. The molecule has 124 valence electrons. The molecule has 1 amide bonds. The first-order valence-corrected chi connectivity index (χ1v) is 8.60. The molecule has 1 aliphatic rings. The molecule has 0 saturated carbocycles. The van der Waals surface area contributed by atoms with E-state index in [9.17, 15) is 4.79 Å². The molecule has 1 fully saturated rings. The van der Waals surface area contributed by atoms with Gasteiger partial charge in [0.25, 0.3) is 5.91 Å². The Hall–Kier alpha value is -2.56. The summed E-state index contributed by atoms with van der Waals surface area (Å²) in [5, 5.41) is 7.94. The number of amides is 1. The van der Waals surface area contributed by atoms with Gasteiger partial charge in [0.2, 0.25) is 0 Å². The van der Waals surface area contributed by atoms with Crippen molar-refractivity contribution in [1.29, 1.82) is 0 Å². The zero-order valence-corrected chi connectivity index (χ0v) is 13.9. The van der Waals surface area contributed by atoms with Crippen LogP contribution in [-0.4, -0.2) is 32.1 Å². The molecule has 1 aromatic carbocycles. The number of carbonyl (C=O) groups is 1. The van der Waals surface area contributed by atoms with E-state index in [1.807, 2.05) is 18.2 Å². The Morgan fingerprint density at radius 2 is 2.12 bits per heavy atom. The number of nitrogens with zero attached hydrogens (tertiary/aromatic N) is 3. The Morgan fingerprint density at radius 1 is 1.21 bits per heavy atom. The molecule has 0 spiro atoms. The number of H-pyrrole nitrogens is 1. The third-order valence-electron chi connectivity index (χ3n) is 5.05. The maximum atomic E-state index is 13.4. The monoisotopic (exact) mass is 322 g/mol. The van der Waals surface area contributed by atoms with Crippen LogP contribution in [0, 0.1) is 0 Å². The van der Waals surface area contributed by atoms with E-state index in [2.05, 4.69) is 45.0 Å². The van der Waals surface area contributed by atoms with Gasteiger partial charge in [0.15, 0.2) is 0 Å². The van der Waals surface area contributed by atoms with Crippen LogP contribution in [0.3, 0.4) is 0 Å². The highest BCUT2D eigenvalue weighted by molar-refractivity contribution is 6.06. The van der Waals surface area contributed by atoms with E-state index in [-0.39, 0.29) is 11.9 Å². The summed E-state index contributed by atoms with van der Waals surface area (Å²) in [6.45, 7) is 0.808. The predicted molar refractivity (Wildman–Crippen MR) is 93.8 cm³/mol. The summed E-state index contributed by atoms with van der Waals surface area (Å²) in [6, 6.07) is 10.1. The van der Waals surface area contributed by atoms with Gasteiger partial charge in [-0.2, -0.15) is 5.10 Å². The second kappa shape index (κ2) is 6.15. The van der Waals surface area contributed by atoms with Gasteiger partial charge in [0, 0.05) is 30.9 Å². The molecular weight excluding hydrogens is 300 g/mol. The Balaban J connectivity index is 1.75. The molecule has 24 heavy (non-hydrogen) atoms. The topological polar surface area (TPSA) is 53.9 Å². The Labute approximate surface area is 141 Å². The molecule has 2 aromatic heterocycles. The molecular formula is C19H22N4O. The lowest BCUT2D eigenvalue weighted by Gasteiger charge is -2.31. The molecule has 0 radical (unpaired) electrons. The third kappa shape index (κ3) is 2.50. The van der Waals surface area contributed by atoms with E-state index in [1.54, 1.807) is 6.20 Å². The first-order valence-electron chi connectivity index (χ1n) is 8.60. The summed E-state index contributed by atoms with van der Waals surface area (Å²) in [7, 11) is 2.06. The number of hydrogen-bond acceptors (Lipinski definition) is 2. The maximum absolute atomic E-state index is 13.4. The lowest BCUT2D eigenvalue weighted by molar-refractivity contribution is 0.0676. The molecule has 0 aliphatic carbocycles. The molecule has 5 nitrogen and oxygen atoms in total. The van der Waals surface area contributed by atoms with E-state index in [0.717, 1.165) is 42.3 Å². The van der Waals surface area contributed by atoms with Crippen LogP contribution in [0.2, 0.25) is 0 Å². The molecule has 1 unspecified atom stereocenters. The van der Waals surface area contributed by atoms with Crippen LogP contribution in [0.4, 0.5) is 0 Å². The average Bonchev–Trinajstić information content (AvgIpc) is 3.17. The van der Waals surface area contributed by atoms with Crippen LogP contribution in [0.25, 0.3) is 10.9 Å². The van der Waals surface area contributed by atoms with Crippen LogP contribution in [0.1, 0.15) is 47.8 Å². The third-order valence-corrected chi connectivity index (χ3v) is 5.05. The zero-order chi connectivity index (χ0) is 16.5. The summed E-state index contributed by atoms with van der Waals surface area (Å²) >= 11 is 0. The van der Waals surface area contributed by atoms with Crippen molar-refractivity contribution in [2.75, 3.05) is 6.54 Å². The SMILES string of the molecule is Cn1cccc1C1CCCCCN1C(=O)c1cccc2[nH]ncc12. The van der Waals surface area contributed by atoms with Gasteiger partial charge in [0.1, 0.15) is 0 Å². The molecule has 1 saturated heterocycles. The number of aryl methyl sites for hydroxylation is 1. The Bertz CT molecular complexity index is 863. The largest absolute Gasteiger partial charge is 0.353 e. The number of aromatic nitrogens is 3. The Morgan fingerprint density at radius 3 is 2.96 bits per heavy atom. The lowest BCUT2D eigenvalue weighted by Crippen LogP contribution is -2.35. The Kier molecular flexibility index (Phi) is 3.84. The number of aromatic amines is 1. The highest BCUT2D eigenvalue weighted by Crippen LogP contribution is 2.32. The minimum atomic E-state index is 0.107.